The predicted molar refractivity (Wildman–Crippen MR) is 116 cm³/mol. The highest BCUT2D eigenvalue weighted by Crippen LogP contribution is 2.38. The molecule has 0 N–H and O–H groups in total. The number of imide groups is 1. The van der Waals surface area contributed by atoms with Crippen molar-refractivity contribution in [1.29, 1.82) is 0 Å². The average Bonchev–Trinajstić information content (AvgIpc) is 2.99. The van der Waals surface area contributed by atoms with E-state index in [0.29, 0.717) is 45.7 Å². The molecule has 4 rings (SSSR count). The average molecular weight is 430 g/mol. The molecule has 0 radical (unpaired) electrons. The zero-order valence-electron chi connectivity index (χ0n) is 16.1. The first-order chi connectivity index (χ1) is 14.0. The van der Waals surface area contributed by atoms with Crippen LogP contribution in [0, 0.1) is 0 Å². The molecule has 0 aliphatic carbocycles. The van der Waals surface area contributed by atoms with Crippen molar-refractivity contribution < 1.29 is 9.59 Å². The van der Waals surface area contributed by atoms with Gasteiger partial charge in [0.05, 0.1) is 16.3 Å². The van der Waals surface area contributed by atoms with Crippen molar-refractivity contribution in [1.82, 2.24) is 9.80 Å². The Morgan fingerprint density at radius 3 is 2.21 bits per heavy atom. The highest BCUT2D eigenvalue weighted by molar-refractivity contribution is 6.47. The van der Waals surface area contributed by atoms with Crippen LogP contribution in [0.15, 0.2) is 54.2 Å². The van der Waals surface area contributed by atoms with Crippen molar-refractivity contribution in [3.8, 4) is 0 Å². The number of amides is 2. The molecule has 2 aromatic carbocycles. The normalized spacial score (nSPS) is 18.2. The summed E-state index contributed by atoms with van der Waals surface area (Å²) in [7, 11) is 0. The van der Waals surface area contributed by atoms with Crippen molar-refractivity contribution in [2.24, 2.45) is 0 Å². The molecule has 0 unspecified atom stereocenters. The van der Waals surface area contributed by atoms with Crippen LogP contribution in [0.3, 0.4) is 0 Å². The molecular formula is C22H21Cl2N3O2. The lowest BCUT2D eigenvalue weighted by molar-refractivity contribution is -0.120. The molecule has 2 amide bonds. The lowest BCUT2D eigenvalue weighted by Gasteiger charge is -2.36. The van der Waals surface area contributed by atoms with Gasteiger partial charge in [-0.25, -0.2) is 4.90 Å². The number of anilines is 1. The molecule has 7 heteroatoms. The van der Waals surface area contributed by atoms with E-state index in [-0.39, 0.29) is 11.8 Å². The minimum absolute atomic E-state index is 0.313. The maximum atomic E-state index is 13.5. The van der Waals surface area contributed by atoms with Crippen LogP contribution in [0.1, 0.15) is 12.5 Å². The fraction of sp³-hybridized carbons (Fsp3) is 0.273. The highest BCUT2D eigenvalue weighted by atomic mass is 35.5. The molecule has 2 heterocycles. The lowest BCUT2D eigenvalue weighted by Crippen LogP contribution is -2.47. The summed E-state index contributed by atoms with van der Waals surface area (Å²) in [4.78, 5) is 32.5. The topological polar surface area (TPSA) is 43.9 Å². The summed E-state index contributed by atoms with van der Waals surface area (Å²) < 4.78 is 0. The lowest BCUT2D eigenvalue weighted by atomic mass is 10.0. The Morgan fingerprint density at radius 1 is 0.897 bits per heavy atom. The molecule has 2 aliphatic rings. The van der Waals surface area contributed by atoms with Crippen LogP contribution in [0.4, 0.5) is 5.69 Å². The largest absolute Gasteiger partial charge is 0.364 e. The van der Waals surface area contributed by atoms with Crippen molar-refractivity contribution in [2.75, 3.05) is 37.6 Å². The summed E-state index contributed by atoms with van der Waals surface area (Å²) in [6, 6.07) is 14.0. The number of benzene rings is 2. The Kier molecular flexibility index (Phi) is 5.63. The van der Waals surface area contributed by atoms with Gasteiger partial charge >= 0.3 is 0 Å². The van der Waals surface area contributed by atoms with E-state index in [4.69, 9.17) is 23.2 Å². The molecule has 1 saturated heterocycles. The van der Waals surface area contributed by atoms with E-state index in [1.807, 2.05) is 23.1 Å². The first kappa shape index (κ1) is 20.0. The second-order valence-corrected chi connectivity index (χ2v) is 7.89. The summed E-state index contributed by atoms with van der Waals surface area (Å²) in [5.74, 6) is -0.675. The third kappa shape index (κ3) is 3.66. The second kappa shape index (κ2) is 8.19. The summed E-state index contributed by atoms with van der Waals surface area (Å²) in [6.07, 6.45) is 0. The minimum atomic E-state index is -0.363. The maximum Gasteiger partial charge on any atom is 0.282 e. The molecule has 0 saturated carbocycles. The van der Waals surface area contributed by atoms with Crippen LogP contribution in [0.25, 0.3) is 5.57 Å². The van der Waals surface area contributed by atoms with Crippen LogP contribution in [-0.2, 0) is 9.59 Å². The number of hydrogen-bond acceptors (Lipinski definition) is 4. The van der Waals surface area contributed by atoms with E-state index in [9.17, 15) is 9.59 Å². The fourth-order valence-electron chi connectivity index (χ4n) is 3.85. The van der Waals surface area contributed by atoms with E-state index in [1.54, 1.807) is 30.3 Å². The van der Waals surface area contributed by atoms with Crippen LogP contribution in [0.2, 0.25) is 10.0 Å². The SMILES string of the molecule is CCN1CCN(C2=C(c3ccc(Cl)cc3Cl)C(=O)N(c3ccccc3)C2=O)CC1. The number of rotatable bonds is 4. The first-order valence-corrected chi connectivity index (χ1v) is 10.4. The molecule has 0 bridgehead atoms. The molecule has 150 valence electrons. The molecule has 5 nitrogen and oxygen atoms in total. The molecule has 0 aromatic heterocycles. The number of halogens is 2. The number of likely N-dealkylation sites (N-methyl/N-ethyl adjacent to an activating group) is 1. The van der Waals surface area contributed by atoms with Crippen LogP contribution in [0.5, 0.6) is 0 Å². The molecular weight excluding hydrogens is 409 g/mol. The van der Waals surface area contributed by atoms with E-state index in [1.165, 1.54) is 4.90 Å². The Hall–Kier alpha value is -2.34. The summed E-state index contributed by atoms with van der Waals surface area (Å²) in [6.45, 7) is 6.13. The molecule has 29 heavy (non-hydrogen) atoms. The summed E-state index contributed by atoms with van der Waals surface area (Å²) in [5.41, 5.74) is 1.83. The summed E-state index contributed by atoms with van der Waals surface area (Å²) >= 11 is 12.5. The number of carbonyl (C=O) groups excluding carboxylic acids is 2. The van der Waals surface area contributed by atoms with Crippen LogP contribution in [-0.4, -0.2) is 54.3 Å². The van der Waals surface area contributed by atoms with Crippen molar-refractivity contribution in [3.05, 3.63) is 69.8 Å². The van der Waals surface area contributed by atoms with E-state index >= 15 is 0 Å². The molecule has 1 fully saturated rings. The standard InChI is InChI=1S/C22H21Cl2N3O2/c1-2-25-10-12-26(13-11-25)20-19(17-9-8-15(23)14-18(17)24)21(28)27(22(20)29)16-6-4-3-5-7-16/h3-9,14H,2,10-13H2,1H3. The van der Waals surface area contributed by atoms with Gasteiger partial charge in [-0.2, -0.15) is 0 Å². The molecule has 2 aromatic rings. The Balaban J connectivity index is 1.81. The van der Waals surface area contributed by atoms with Gasteiger partial charge < -0.3 is 9.80 Å². The molecule has 0 spiro atoms. The fourth-order valence-corrected chi connectivity index (χ4v) is 4.35. The number of nitrogens with zero attached hydrogens (tertiary/aromatic N) is 3. The van der Waals surface area contributed by atoms with E-state index in [2.05, 4.69) is 11.8 Å². The van der Waals surface area contributed by atoms with Gasteiger partial charge in [0, 0.05) is 36.8 Å². The van der Waals surface area contributed by atoms with Gasteiger partial charge in [-0.1, -0.05) is 54.4 Å². The zero-order chi connectivity index (χ0) is 20.5. The Bertz CT molecular complexity index is 983. The first-order valence-electron chi connectivity index (χ1n) is 9.62. The number of hydrogen-bond donors (Lipinski definition) is 0. The maximum absolute atomic E-state index is 13.5. The third-order valence-electron chi connectivity index (χ3n) is 5.41. The van der Waals surface area contributed by atoms with Crippen molar-refractivity contribution >= 4 is 46.3 Å². The van der Waals surface area contributed by atoms with E-state index in [0.717, 1.165) is 19.6 Å². The highest BCUT2D eigenvalue weighted by Gasteiger charge is 2.43. The van der Waals surface area contributed by atoms with Gasteiger partial charge in [-0.15, -0.1) is 0 Å². The number of carbonyl (C=O) groups is 2. The minimum Gasteiger partial charge on any atom is -0.364 e. The van der Waals surface area contributed by atoms with Gasteiger partial charge in [0.1, 0.15) is 5.70 Å². The van der Waals surface area contributed by atoms with Crippen LogP contribution >= 0.6 is 23.2 Å². The monoisotopic (exact) mass is 429 g/mol. The number of para-hydroxylation sites is 1. The third-order valence-corrected chi connectivity index (χ3v) is 5.96. The van der Waals surface area contributed by atoms with Gasteiger partial charge in [-0.05, 0) is 30.8 Å². The second-order valence-electron chi connectivity index (χ2n) is 7.05. The smallest absolute Gasteiger partial charge is 0.282 e. The van der Waals surface area contributed by atoms with Gasteiger partial charge in [0.25, 0.3) is 11.8 Å². The van der Waals surface area contributed by atoms with Gasteiger partial charge in [0.2, 0.25) is 0 Å². The van der Waals surface area contributed by atoms with Gasteiger partial charge in [-0.3, -0.25) is 9.59 Å². The number of piperazine rings is 1. The van der Waals surface area contributed by atoms with Gasteiger partial charge in [0.15, 0.2) is 0 Å². The zero-order valence-corrected chi connectivity index (χ0v) is 17.6. The van der Waals surface area contributed by atoms with Crippen molar-refractivity contribution in [3.63, 3.8) is 0 Å². The van der Waals surface area contributed by atoms with Crippen LogP contribution < -0.4 is 4.90 Å². The molecule has 0 atom stereocenters. The summed E-state index contributed by atoms with van der Waals surface area (Å²) in [5, 5.41) is 0.836. The van der Waals surface area contributed by atoms with E-state index < -0.39 is 0 Å². The quantitative estimate of drug-likeness (QED) is 0.690. The Labute approximate surface area is 180 Å². The Morgan fingerprint density at radius 2 is 1.59 bits per heavy atom. The predicted octanol–water partition coefficient (Wildman–Crippen LogP) is 3.92. The van der Waals surface area contributed by atoms with Crippen molar-refractivity contribution in [2.45, 2.75) is 6.92 Å². The molecule has 2 aliphatic heterocycles.